The molecule has 0 unspecified atom stereocenters. The first-order valence-corrected chi connectivity index (χ1v) is 10.4. The topological polar surface area (TPSA) is 83.6 Å². The van der Waals surface area contributed by atoms with Gasteiger partial charge in [0.25, 0.3) is 0 Å². The van der Waals surface area contributed by atoms with Crippen LogP contribution in [0.1, 0.15) is 18.4 Å². The standard InChI is InChI=1S/C14H20N2O4S2/c1-21(17,18)15-14-7-10-16(11-8-14)22(19,20)12-9-13-5-3-2-4-6-13/h2-6,9,12,14-15H,7-8,10-11H2,1H3/b12-9+. The predicted molar refractivity (Wildman–Crippen MR) is 87.0 cm³/mol. The Balaban J connectivity index is 1.96. The highest BCUT2D eigenvalue weighted by Gasteiger charge is 2.27. The van der Waals surface area contributed by atoms with Crippen LogP contribution in [0.5, 0.6) is 0 Å². The molecule has 122 valence electrons. The Bertz CT molecular complexity index is 719. The molecule has 1 aromatic rings. The fourth-order valence-electron chi connectivity index (χ4n) is 2.35. The first kappa shape index (κ1) is 17.1. The maximum Gasteiger partial charge on any atom is 0.236 e. The third-order valence-electron chi connectivity index (χ3n) is 3.43. The lowest BCUT2D eigenvalue weighted by atomic mass is 10.1. The van der Waals surface area contributed by atoms with Gasteiger partial charge in [-0.15, -0.1) is 0 Å². The van der Waals surface area contributed by atoms with Gasteiger partial charge in [-0.2, -0.15) is 4.31 Å². The van der Waals surface area contributed by atoms with E-state index in [2.05, 4.69) is 4.72 Å². The highest BCUT2D eigenvalue weighted by Crippen LogP contribution is 2.16. The van der Waals surface area contributed by atoms with E-state index in [0.717, 1.165) is 11.8 Å². The second-order valence-corrected chi connectivity index (χ2v) is 8.92. The molecular formula is C14H20N2O4S2. The van der Waals surface area contributed by atoms with Crippen LogP contribution >= 0.6 is 0 Å². The average Bonchev–Trinajstić information content (AvgIpc) is 2.45. The first-order valence-electron chi connectivity index (χ1n) is 6.97. The van der Waals surface area contributed by atoms with Crippen LogP contribution in [0.2, 0.25) is 0 Å². The number of sulfonamides is 2. The van der Waals surface area contributed by atoms with Crippen molar-refractivity contribution in [1.82, 2.24) is 9.03 Å². The summed E-state index contributed by atoms with van der Waals surface area (Å²) in [6, 6.07) is 9.01. The van der Waals surface area contributed by atoms with Crippen LogP contribution < -0.4 is 4.72 Å². The van der Waals surface area contributed by atoms with Crippen molar-refractivity contribution >= 4 is 26.1 Å². The van der Waals surface area contributed by atoms with Gasteiger partial charge < -0.3 is 0 Å². The van der Waals surface area contributed by atoms with Gasteiger partial charge in [0.1, 0.15) is 0 Å². The first-order chi connectivity index (χ1) is 10.3. The molecule has 6 nitrogen and oxygen atoms in total. The molecule has 1 N–H and O–H groups in total. The average molecular weight is 344 g/mol. The molecule has 1 fully saturated rings. The largest absolute Gasteiger partial charge is 0.236 e. The minimum atomic E-state index is -3.47. The van der Waals surface area contributed by atoms with Crippen LogP contribution in [0.3, 0.4) is 0 Å². The smallest absolute Gasteiger partial charge is 0.213 e. The Morgan fingerprint density at radius 3 is 2.23 bits per heavy atom. The Labute approximate surface area is 131 Å². The lowest BCUT2D eigenvalue weighted by molar-refractivity contribution is 0.311. The van der Waals surface area contributed by atoms with E-state index in [1.54, 1.807) is 6.08 Å². The number of rotatable bonds is 5. The van der Waals surface area contributed by atoms with Crippen LogP contribution in [0, 0.1) is 0 Å². The SMILES string of the molecule is CS(=O)(=O)NC1CCN(S(=O)(=O)/C=C/c2ccccc2)CC1. The summed E-state index contributed by atoms with van der Waals surface area (Å²) in [5.41, 5.74) is 0.819. The molecule has 0 radical (unpaired) electrons. The van der Waals surface area contributed by atoms with Crippen molar-refractivity contribution < 1.29 is 16.8 Å². The summed E-state index contributed by atoms with van der Waals surface area (Å²) in [7, 11) is -6.73. The lowest BCUT2D eigenvalue weighted by Crippen LogP contribution is -2.45. The van der Waals surface area contributed by atoms with Crippen LogP contribution in [0.25, 0.3) is 6.08 Å². The molecule has 2 rings (SSSR count). The van der Waals surface area contributed by atoms with Crippen molar-refractivity contribution in [1.29, 1.82) is 0 Å². The number of nitrogens with zero attached hydrogens (tertiary/aromatic N) is 1. The second-order valence-electron chi connectivity index (χ2n) is 5.32. The van der Waals surface area contributed by atoms with Crippen LogP contribution in [0.4, 0.5) is 0 Å². The molecule has 1 aliphatic rings. The molecule has 0 aromatic heterocycles. The monoisotopic (exact) mass is 344 g/mol. The van der Waals surface area contributed by atoms with Crippen molar-refractivity contribution in [2.75, 3.05) is 19.3 Å². The Kier molecular flexibility index (Phi) is 5.38. The van der Waals surface area contributed by atoms with E-state index in [1.165, 1.54) is 9.71 Å². The minimum Gasteiger partial charge on any atom is -0.213 e. The molecule has 0 bridgehead atoms. The quantitative estimate of drug-likeness (QED) is 0.864. The normalized spacial score (nSPS) is 18.8. The summed E-state index contributed by atoms with van der Waals surface area (Å²) in [6.07, 6.45) is 3.63. The van der Waals surface area contributed by atoms with Crippen molar-refractivity contribution in [3.8, 4) is 0 Å². The maximum absolute atomic E-state index is 12.3. The van der Waals surface area contributed by atoms with E-state index in [-0.39, 0.29) is 6.04 Å². The third kappa shape index (κ3) is 5.20. The van der Waals surface area contributed by atoms with Gasteiger partial charge in [-0.3, -0.25) is 0 Å². The van der Waals surface area contributed by atoms with Crippen molar-refractivity contribution in [3.63, 3.8) is 0 Å². The fraction of sp³-hybridized carbons (Fsp3) is 0.429. The summed E-state index contributed by atoms with van der Waals surface area (Å²) < 4.78 is 50.8. The zero-order valence-corrected chi connectivity index (χ0v) is 14.0. The van der Waals surface area contributed by atoms with Gasteiger partial charge in [-0.05, 0) is 24.5 Å². The molecule has 8 heteroatoms. The number of piperidine rings is 1. The van der Waals surface area contributed by atoms with Gasteiger partial charge in [0.15, 0.2) is 0 Å². The van der Waals surface area contributed by atoms with E-state index in [9.17, 15) is 16.8 Å². The predicted octanol–water partition coefficient (Wildman–Crippen LogP) is 1.00. The van der Waals surface area contributed by atoms with Gasteiger partial charge in [0.05, 0.1) is 6.26 Å². The van der Waals surface area contributed by atoms with Crippen LogP contribution in [-0.4, -0.2) is 46.5 Å². The number of nitrogens with one attached hydrogen (secondary N) is 1. The molecule has 1 heterocycles. The van der Waals surface area contributed by atoms with E-state index < -0.39 is 20.0 Å². The van der Waals surface area contributed by atoms with Gasteiger partial charge in [-0.1, -0.05) is 30.3 Å². The molecule has 0 atom stereocenters. The van der Waals surface area contributed by atoms with E-state index in [0.29, 0.717) is 25.9 Å². The van der Waals surface area contributed by atoms with E-state index in [1.807, 2.05) is 30.3 Å². The number of hydrogen-bond acceptors (Lipinski definition) is 4. The molecule has 1 aliphatic heterocycles. The zero-order valence-electron chi connectivity index (χ0n) is 12.3. The summed E-state index contributed by atoms with van der Waals surface area (Å²) in [5, 5.41) is 1.20. The molecular weight excluding hydrogens is 324 g/mol. The molecule has 22 heavy (non-hydrogen) atoms. The minimum absolute atomic E-state index is 0.195. The Morgan fingerprint density at radius 1 is 1.09 bits per heavy atom. The van der Waals surface area contributed by atoms with Gasteiger partial charge >= 0.3 is 0 Å². The fourth-order valence-corrected chi connectivity index (χ4v) is 4.41. The van der Waals surface area contributed by atoms with E-state index >= 15 is 0 Å². The van der Waals surface area contributed by atoms with Gasteiger partial charge in [-0.25, -0.2) is 21.6 Å². The molecule has 0 spiro atoms. The molecule has 1 aromatic carbocycles. The summed E-state index contributed by atoms with van der Waals surface area (Å²) in [6.45, 7) is 0.628. The van der Waals surface area contributed by atoms with Crippen molar-refractivity contribution in [2.45, 2.75) is 18.9 Å². The lowest BCUT2D eigenvalue weighted by Gasteiger charge is -2.30. The molecule has 0 saturated carbocycles. The highest BCUT2D eigenvalue weighted by molar-refractivity contribution is 7.92. The van der Waals surface area contributed by atoms with Crippen LogP contribution in [0.15, 0.2) is 35.7 Å². The summed E-state index contributed by atoms with van der Waals surface area (Å²) in [4.78, 5) is 0. The highest BCUT2D eigenvalue weighted by atomic mass is 32.2. The van der Waals surface area contributed by atoms with Crippen molar-refractivity contribution in [2.24, 2.45) is 0 Å². The molecule has 0 aliphatic carbocycles. The summed E-state index contributed by atoms with van der Waals surface area (Å²) >= 11 is 0. The number of benzene rings is 1. The maximum atomic E-state index is 12.3. The van der Waals surface area contributed by atoms with Gasteiger partial charge in [0.2, 0.25) is 20.0 Å². The number of hydrogen-bond donors (Lipinski definition) is 1. The Hall–Kier alpha value is -1.22. The Morgan fingerprint density at radius 2 is 1.68 bits per heavy atom. The van der Waals surface area contributed by atoms with Crippen LogP contribution in [-0.2, 0) is 20.0 Å². The van der Waals surface area contributed by atoms with E-state index in [4.69, 9.17) is 0 Å². The van der Waals surface area contributed by atoms with Crippen molar-refractivity contribution in [3.05, 3.63) is 41.3 Å². The summed E-state index contributed by atoms with van der Waals surface area (Å²) in [5.74, 6) is 0. The molecule has 0 amide bonds. The zero-order chi connectivity index (χ0) is 16.2. The molecule has 1 saturated heterocycles. The van der Waals surface area contributed by atoms with Gasteiger partial charge in [0, 0.05) is 24.5 Å². The second kappa shape index (κ2) is 6.91. The third-order valence-corrected chi connectivity index (χ3v) is 5.75.